The largest absolute Gasteiger partial charge is 0.497 e. The van der Waals surface area contributed by atoms with Gasteiger partial charge in [-0.15, -0.1) is 11.3 Å². The van der Waals surface area contributed by atoms with Crippen LogP contribution < -0.4 is 14.8 Å². The second-order valence-corrected chi connectivity index (χ2v) is 9.47. The molecule has 0 fully saturated rings. The molecule has 3 aromatic rings. The fraction of sp³-hybridized carbons (Fsp3) is 0.273. The predicted molar refractivity (Wildman–Crippen MR) is 125 cm³/mol. The standard InChI is InChI=1S/C22H25N3O5S2/c1-5-25(6-2)32(27,28)17-10-7-15(8-11-17)21(26)24-22-23-19(14-31-22)18-13-16(29-3)9-12-20(18)30-4/h7-14H,5-6H2,1-4H3,(H,23,24,26). The molecule has 0 saturated carbocycles. The molecule has 0 bridgehead atoms. The van der Waals surface area contributed by atoms with E-state index in [9.17, 15) is 13.2 Å². The molecule has 2 aromatic carbocycles. The number of anilines is 1. The average Bonchev–Trinajstić information content (AvgIpc) is 3.27. The molecule has 8 nitrogen and oxygen atoms in total. The molecule has 170 valence electrons. The highest BCUT2D eigenvalue weighted by molar-refractivity contribution is 7.89. The number of hydrogen-bond acceptors (Lipinski definition) is 7. The molecular weight excluding hydrogens is 450 g/mol. The number of carbonyl (C=O) groups excluding carboxylic acids is 1. The maximum absolute atomic E-state index is 12.6. The number of ether oxygens (including phenoxy) is 2. The Morgan fingerprint density at radius 3 is 2.34 bits per heavy atom. The molecule has 0 aliphatic carbocycles. The van der Waals surface area contributed by atoms with Gasteiger partial charge >= 0.3 is 0 Å². The first-order valence-corrected chi connectivity index (χ1v) is 12.3. The molecule has 0 radical (unpaired) electrons. The minimum atomic E-state index is -3.57. The van der Waals surface area contributed by atoms with Crippen molar-refractivity contribution in [3.05, 3.63) is 53.4 Å². The third-order valence-corrected chi connectivity index (χ3v) is 7.69. The second-order valence-electron chi connectivity index (χ2n) is 6.67. The number of methoxy groups -OCH3 is 2. The van der Waals surface area contributed by atoms with Gasteiger partial charge in [0.25, 0.3) is 5.91 Å². The lowest BCUT2D eigenvalue weighted by atomic mass is 10.1. The predicted octanol–water partition coefficient (Wildman–Crippen LogP) is 4.11. The van der Waals surface area contributed by atoms with Crippen LogP contribution in [-0.2, 0) is 10.0 Å². The summed E-state index contributed by atoms with van der Waals surface area (Å²) in [5.41, 5.74) is 1.72. The molecule has 1 heterocycles. The van der Waals surface area contributed by atoms with Gasteiger partial charge in [0.1, 0.15) is 11.5 Å². The van der Waals surface area contributed by atoms with Crippen molar-refractivity contribution < 1.29 is 22.7 Å². The molecule has 32 heavy (non-hydrogen) atoms. The van der Waals surface area contributed by atoms with E-state index in [1.165, 1.54) is 39.9 Å². The highest BCUT2D eigenvalue weighted by atomic mass is 32.2. The maximum atomic E-state index is 12.6. The van der Waals surface area contributed by atoms with Gasteiger partial charge in [0.2, 0.25) is 10.0 Å². The van der Waals surface area contributed by atoms with E-state index < -0.39 is 10.0 Å². The summed E-state index contributed by atoms with van der Waals surface area (Å²) in [7, 11) is -0.419. The van der Waals surface area contributed by atoms with Gasteiger partial charge in [0.15, 0.2) is 5.13 Å². The average molecular weight is 476 g/mol. The van der Waals surface area contributed by atoms with Gasteiger partial charge in [-0.05, 0) is 42.5 Å². The van der Waals surface area contributed by atoms with Gasteiger partial charge in [-0.2, -0.15) is 4.31 Å². The van der Waals surface area contributed by atoms with Crippen molar-refractivity contribution in [2.75, 3.05) is 32.6 Å². The minimum absolute atomic E-state index is 0.152. The molecule has 0 aliphatic rings. The normalized spacial score (nSPS) is 11.4. The Morgan fingerprint density at radius 1 is 1.06 bits per heavy atom. The Kier molecular flexibility index (Phi) is 7.49. The van der Waals surface area contributed by atoms with Crippen molar-refractivity contribution in [2.45, 2.75) is 18.7 Å². The summed E-state index contributed by atoms with van der Waals surface area (Å²) in [6.45, 7) is 4.33. The van der Waals surface area contributed by atoms with Gasteiger partial charge in [0.05, 0.1) is 24.8 Å². The summed E-state index contributed by atoms with van der Waals surface area (Å²) < 4.78 is 37.2. The first-order chi connectivity index (χ1) is 15.3. The van der Waals surface area contributed by atoms with Crippen LogP contribution in [0.25, 0.3) is 11.3 Å². The summed E-state index contributed by atoms with van der Waals surface area (Å²) in [5.74, 6) is 0.924. The quantitative estimate of drug-likeness (QED) is 0.500. The summed E-state index contributed by atoms with van der Waals surface area (Å²) in [6, 6.07) is 11.3. The van der Waals surface area contributed by atoms with Crippen LogP contribution in [0.1, 0.15) is 24.2 Å². The molecule has 0 unspecified atom stereocenters. The highest BCUT2D eigenvalue weighted by Crippen LogP contribution is 2.35. The number of amides is 1. The van der Waals surface area contributed by atoms with Gasteiger partial charge in [0, 0.05) is 29.6 Å². The van der Waals surface area contributed by atoms with Crippen molar-refractivity contribution in [1.82, 2.24) is 9.29 Å². The van der Waals surface area contributed by atoms with Crippen LogP contribution in [0.5, 0.6) is 11.5 Å². The molecule has 0 atom stereocenters. The van der Waals surface area contributed by atoms with Crippen molar-refractivity contribution in [1.29, 1.82) is 0 Å². The molecule has 0 aliphatic heterocycles. The van der Waals surface area contributed by atoms with E-state index in [2.05, 4.69) is 10.3 Å². The van der Waals surface area contributed by atoms with Crippen LogP contribution in [0.4, 0.5) is 5.13 Å². The number of sulfonamides is 1. The monoisotopic (exact) mass is 475 g/mol. The Labute approximate surface area is 191 Å². The number of rotatable bonds is 9. The topological polar surface area (TPSA) is 97.8 Å². The SMILES string of the molecule is CCN(CC)S(=O)(=O)c1ccc(C(=O)Nc2nc(-c3cc(OC)ccc3OC)cs2)cc1. The lowest BCUT2D eigenvalue weighted by Gasteiger charge is -2.18. The number of aromatic nitrogens is 1. The van der Waals surface area contributed by atoms with Crippen LogP contribution in [0, 0.1) is 0 Å². The Hall–Kier alpha value is -2.95. The minimum Gasteiger partial charge on any atom is -0.497 e. The summed E-state index contributed by atoms with van der Waals surface area (Å²) in [4.78, 5) is 17.3. The number of hydrogen-bond donors (Lipinski definition) is 1. The van der Waals surface area contributed by atoms with E-state index in [0.717, 1.165) is 5.56 Å². The van der Waals surface area contributed by atoms with Crippen LogP contribution in [0.15, 0.2) is 52.7 Å². The molecule has 0 saturated heterocycles. The van der Waals surface area contributed by atoms with Crippen LogP contribution >= 0.6 is 11.3 Å². The molecule has 3 rings (SSSR count). The van der Waals surface area contributed by atoms with E-state index >= 15 is 0 Å². The third-order valence-electron chi connectivity index (χ3n) is 4.87. The molecule has 0 spiro atoms. The van der Waals surface area contributed by atoms with Gasteiger partial charge in [-0.25, -0.2) is 13.4 Å². The number of carbonyl (C=O) groups is 1. The zero-order valence-corrected chi connectivity index (χ0v) is 19.9. The van der Waals surface area contributed by atoms with E-state index in [1.54, 1.807) is 40.2 Å². The summed E-state index contributed by atoms with van der Waals surface area (Å²) in [5, 5.41) is 4.98. The molecule has 1 amide bonds. The van der Waals surface area contributed by atoms with Crippen molar-refractivity contribution >= 4 is 32.4 Å². The molecular formula is C22H25N3O5S2. The van der Waals surface area contributed by atoms with E-state index in [1.807, 2.05) is 11.4 Å². The van der Waals surface area contributed by atoms with Crippen molar-refractivity contribution in [3.63, 3.8) is 0 Å². The Balaban J connectivity index is 1.77. The first kappa shape index (κ1) is 23.7. The zero-order valence-electron chi connectivity index (χ0n) is 18.3. The van der Waals surface area contributed by atoms with E-state index in [0.29, 0.717) is 41.0 Å². The fourth-order valence-corrected chi connectivity index (χ4v) is 5.29. The summed E-state index contributed by atoms with van der Waals surface area (Å²) in [6.07, 6.45) is 0. The van der Waals surface area contributed by atoms with Crippen LogP contribution in [0.3, 0.4) is 0 Å². The summed E-state index contributed by atoms with van der Waals surface area (Å²) >= 11 is 1.28. The highest BCUT2D eigenvalue weighted by Gasteiger charge is 2.22. The van der Waals surface area contributed by atoms with Gasteiger partial charge in [-0.3, -0.25) is 10.1 Å². The lowest BCUT2D eigenvalue weighted by molar-refractivity contribution is 0.102. The zero-order chi connectivity index (χ0) is 23.3. The van der Waals surface area contributed by atoms with E-state index in [-0.39, 0.29) is 10.8 Å². The molecule has 10 heteroatoms. The lowest BCUT2D eigenvalue weighted by Crippen LogP contribution is -2.30. The Morgan fingerprint density at radius 2 is 1.75 bits per heavy atom. The van der Waals surface area contributed by atoms with Crippen LogP contribution in [0.2, 0.25) is 0 Å². The number of benzene rings is 2. The maximum Gasteiger partial charge on any atom is 0.257 e. The third kappa shape index (κ3) is 4.93. The van der Waals surface area contributed by atoms with Crippen molar-refractivity contribution in [3.8, 4) is 22.8 Å². The fourth-order valence-electron chi connectivity index (χ4n) is 3.13. The van der Waals surface area contributed by atoms with Crippen LogP contribution in [-0.4, -0.2) is 50.9 Å². The second kappa shape index (κ2) is 10.1. The number of nitrogens with one attached hydrogen (secondary N) is 1. The first-order valence-electron chi connectivity index (χ1n) is 9.93. The Bertz CT molecular complexity index is 1190. The number of nitrogens with zero attached hydrogens (tertiary/aromatic N) is 2. The smallest absolute Gasteiger partial charge is 0.257 e. The van der Waals surface area contributed by atoms with Gasteiger partial charge < -0.3 is 9.47 Å². The van der Waals surface area contributed by atoms with Gasteiger partial charge in [-0.1, -0.05) is 13.8 Å². The molecule has 1 N–H and O–H groups in total. The molecule has 1 aromatic heterocycles. The number of thiazole rings is 1. The van der Waals surface area contributed by atoms with Crippen molar-refractivity contribution in [2.24, 2.45) is 0 Å². The van der Waals surface area contributed by atoms with E-state index in [4.69, 9.17) is 9.47 Å².